The first-order valence-electron chi connectivity index (χ1n) is 5.10. The third kappa shape index (κ3) is 1.52. The summed E-state index contributed by atoms with van der Waals surface area (Å²) in [6.07, 6.45) is -0.912. The minimum absolute atomic E-state index is 0.136. The first-order valence-corrected chi connectivity index (χ1v) is 5.10. The smallest absolute Gasteiger partial charge is 0.309 e. The van der Waals surface area contributed by atoms with Crippen LogP contribution in [0.1, 0.15) is 25.3 Å². The van der Waals surface area contributed by atoms with Gasteiger partial charge in [-0.25, -0.2) is 4.39 Å². The zero-order valence-corrected chi connectivity index (χ0v) is 8.57. The Morgan fingerprint density at radius 3 is 2.60 bits per heavy atom. The number of halogens is 1. The average molecular weight is 208 g/mol. The zero-order valence-electron chi connectivity index (χ0n) is 8.57. The molecule has 2 nitrogen and oxygen atoms in total. The standard InChI is InChI=1S/C12H13FO2/c1-2-12(9-6-4-3-5-7-9)10(13)8-11(14)15-12/h3-7,10H,2,8H2,1H3/t10-,12-/m1/s1. The maximum Gasteiger partial charge on any atom is 0.309 e. The summed E-state index contributed by atoms with van der Waals surface area (Å²) in [5.41, 5.74) is -0.316. The van der Waals surface area contributed by atoms with Crippen LogP contribution in [0.2, 0.25) is 0 Å². The molecule has 1 aliphatic heterocycles. The molecule has 0 spiro atoms. The second-order valence-corrected chi connectivity index (χ2v) is 3.75. The highest BCUT2D eigenvalue weighted by atomic mass is 19.1. The molecule has 0 saturated carbocycles. The highest BCUT2D eigenvalue weighted by Gasteiger charge is 2.49. The fourth-order valence-corrected chi connectivity index (χ4v) is 2.08. The average Bonchev–Trinajstić information content (AvgIpc) is 2.56. The Kier molecular flexibility index (Phi) is 2.47. The molecule has 1 saturated heterocycles. The van der Waals surface area contributed by atoms with Crippen LogP contribution in [0.3, 0.4) is 0 Å². The number of hydrogen-bond donors (Lipinski definition) is 0. The third-order valence-electron chi connectivity index (χ3n) is 2.94. The van der Waals surface area contributed by atoms with Crippen LogP contribution in [0.5, 0.6) is 0 Å². The van der Waals surface area contributed by atoms with Crippen LogP contribution >= 0.6 is 0 Å². The Morgan fingerprint density at radius 2 is 2.13 bits per heavy atom. The first-order chi connectivity index (χ1) is 7.19. The van der Waals surface area contributed by atoms with Gasteiger partial charge in [0.05, 0.1) is 6.42 Å². The number of carbonyl (C=O) groups is 1. The van der Waals surface area contributed by atoms with Crippen molar-refractivity contribution < 1.29 is 13.9 Å². The number of cyclic esters (lactones) is 1. The van der Waals surface area contributed by atoms with E-state index in [4.69, 9.17) is 4.74 Å². The van der Waals surface area contributed by atoms with E-state index in [1.807, 2.05) is 25.1 Å². The lowest BCUT2D eigenvalue weighted by molar-refractivity contribution is -0.151. The van der Waals surface area contributed by atoms with Crippen LogP contribution in [0.25, 0.3) is 0 Å². The molecule has 1 aliphatic rings. The van der Waals surface area contributed by atoms with Gasteiger partial charge in [0.2, 0.25) is 0 Å². The predicted molar refractivity (Wildman–Crippen MR) is 54.0 cm³/mol. The van der Waals surface area contributed by atoms with Gasteiger partial charge in [0.15, 0.2) is 11.8 Å². The van der Waals surface area contributed by atoms with E-state index >= 15 is 0 Å². The minimum atomic E-state index is -1.24. The van der Waals surface area contributed by atoms with Crippen molar-refractivity contribution in [2.24, 2.45) is 0 Å². The van der Waals surface area contributed by atoms with Gasteiger partial charge < -0.3 is 4.74 Å². The van der Waals surface area contributed by atoms with E-state index in [-0.39, 0.29) is 6.42 Å². The lowest BCUT2D eigenvalue weighted by Crippen LogP contribution is -2.33. The number of benzene rings is 1. The molecule has 1 aromatic rings. The van der Waals surface area contributed by atoms with Crippen LogP contribution in [0.4, 0.5) is 4.39 Å². The first kappa shape index (κ1) is 10.1. The van der Waals surface area contributed by atoms with Gasteiger partial charge in [-0.2, -0.15) is 0 Å². The molecule has 1 aromatic carbocycles. The summed E-state index contributed by atoms with van der Waals surface area (Å²) < 4.78 is 19.0. The van der Waals surface area contributed by atoms with E-state index < -0.39 is 17.7 Å². The summed E-state index contributed by atoms with van der Waals surface area (Å²) >= 11 is 0. The van der Waals surface area contributed by atoms with Gasteiger partial charge >= 0.3 is 5.97 Å². The van der Waals surface area contributed by atoms with Crippen molar-refractivity contribution in [1.82, 2.24) is 0 Å². The van der Waals surface area contributed by atoms with Gasteiger partial charge in [-0.3, -0.25) is 4.79 Å². The van der Waals surface area contributed by atoms with Gasteiger partial charge in [-0.15, -0.1) is 0 Å². The summed E-state index contributed by atoms with van der Waals surface area (Å²) in [6, 6.07) is 9.11. The van der Waals surface area contributed by atoms with Crippen LogP contribution in [-0.4, -0.2) is 12.1 Å². The zero-order chi connectivity index (χ0) is 10.9. The number of carbonyl (C=O) groups excluding carboxylic acids is 1. The summed E-state index contributed by atoms with van der Waals surface area (Å²) in [4.78, 5) is 11.1. The maximum absolute atomic E-state index is 13.8. The second-order valence-electron chi connectivity index (χ2n) is 3.75. The number of rotatable bonds is 2. The molecule has 1 fully saturated rings. The molecule has 2 atom stereocenters. The Hall–Kier alpha value is -1.38. The fraction of sp³-hybridized carbons (Fsp3) is 0.417. The lowest BCUT2D eigenvalue weighted by Gasteiger charge is -2.28. The Labute approximate surface area is 88.1 Å². The Morgan fingerprint density at radius 1 is 1.47 bits per heavy atom. The van der Waals surface area contributed by atoms with E-state index in [1.54, 1.807) is 12.1 Å². The quantitative estimate of drug-likeness (QED) is 0.698. The molecule has 0 bridgehead atoms. The predicted octanol–water partition coefficient (Wildman–Crippen LogP) is 2.58. The molecule has 15 heavy (non-hydrogen) atoms. The molecule has 0 aliphatic carbocycles. The Bertz CT molecular complexity index is 363. The van der Waals surface area contributed by atoms with Crippen molar-refractivity contribution in [3.05, 3.63) is 35.9 Å². The second kappa shape index (κ2) is 3.65. The van der Waals surface area contributed by atoms with E-state index in [0.29, 0.717) is 6.42 Å². The van der Waals surface area contributed by atoms with E-state index in [9.17, 15) is 9.18 Å². The highest BCUT2D eigenvalue weighted by Crippen LogP contribution is 2.41. The van der Waals surface area contributed by atoms with E-state index in [0.717, 1.165) is 5.56 Å². The van der Waals surface area contributed by atoms with Crippen LogP contribution in [0, 0.1) is 0 Å². The minimum Gasteiger partial charge on any atom is -0.451 e. The van der Waals surface area contributed by atoms with Gasteiger partial charge in [0, 0.05) is 0 Å². The topological polar surface area (TPSA) is 26.3 Å². The van der Waals surface area contributed by atoms with Gasteiger partial charge in [-0.1, -0.05) is 37.3 Å². The van der Waals surface area contributed by atoms with E-state index in [2.05, 4.69) is 0 Å². The molecule has 2 rings (SSSR count). The number of alkyl halides is 1. The van der Waals surface area contributed by atoms with Gasteiger partial charge in [0.25, 0.3) is 0 Å². The molecule has 3 heteroatoms. The van der Waals surface area contributed by atoms with Gasteiger partial charge in [0.1, 0.15) is 0 Å². The molecular weight excluding hydrogens is 195 g/mol. The largest absolute Gasteiger partial charge is 0.451 e. The van der Waals surface area contributed by atoms with Crippen molar-refractivity contribution in [3.8, 4) is 0 Å². The highest BCUT2D eigenvalue weighted by molar-refractivity contribution is 5.74. The van der Waals surface area contributed by atoms with Crippen molar-refractivity contribution in [2.45, 2.75) is 31.5 Å². The number of esters is 1. The monoisotopic (exact) mass is 208 g/mol. The SMILES string of the molecule is CC[C@]1(c2ccccc2)OC(=O)C[C@H]1F. The van der Waals surface area contributed by atoms with Gasteiger partial charge in [-0.05, 0) is 12.0 Å². The molecule has 0 N–H and O–H groups in total. The van der Waals surface area contributed by atoms with E-state index in [1.165, 1.54) is 0 Å². The van der Waals surface area contributed by atoms with Crippen molar-refractivity contribution >= 4 is 5.97 Å². The molecule has 80 valence electrons. The van der Waals surface area contributed by atoms with Crippen LogP contribution in [0.15, 0.2) is 30.3 Å². The lowest BCUT2D eigenvalue weighted by atomic mass is 9.87. The summed E-state index contributed by atoms with van der Waals surface area (Å²) in [6.45, 7) is 1.83. The normalized spacial score (nSPS) is 30.3. The summed E-state index contributed by atoms with van der Waals surface area (Å²) in [5.74, 6) is -0.451. The summed E-state index contributed by atoms with van der Waals surface area (Å²) in [7, 11) is 0. The molecular formula is C12H13FO2. The Balaban J connectivity index is 2.42. The van der Waals surface area contributed by atoms with Crippen molar-refractivity contribution in [3.63, 3.8) is 0 Å². The van der Waals surface area contributed by atoms with Crippen molar-refractivity contribution in [1.29, 1.82) is 0 Å². The third-order valence-corrected chi connectivity index (χ3v) is 2.94. The molecule has 0 amide bonds. The molecule has 0 aromatic heterocycles. The maximum atomic E-state index is 13.8. The molecule has 0 unspecified atom stereocenters. The van der Waals surface area contributed by atoms with Crippen molar-refractivity contribution in [2.75, 3.05) is 0 Å². The molecule has 1 heterocycles. The molecule has 0 radical (unpaired) electrons. The summed E-state index contributed by atoms with van der Waals surface area (Å²) in [5, 5.41) is 0. The van der Waals surface area contributed by atoms with Crippen LogP contribution in [-0.2, 0) is 15.1 Å². The van der Waals surface area contributed by atoms with Crippen LogP contribution < -0.4 is 0 Å². The number of hydrogen-bond acceptors (Lipinski definition) is 2. The number of ether oxygens (including phenoxy) is 1. The fourth-order valence-electron chi connectivity index (χ4n) is 2.08.